The molecule has 1 amide bonds. The van der Waals surface area contributed by atoms with Crippen LogP contribution in [-0.2, 0) is 38.2 Å². The van der Waals surface area contributed by atoms with Gasteiger partial charge in [-0.15, -0.1) is 20.2 Å². The van der Waals surface area contributed by atoms with Gasteiger partial charge in [-0.1, -0.05) is 0 Å². The zero-order valence-electron chi connectivity index (χ0n) is 16.2. The van der Waals surface area contributed by atoms with E-state index in [0.29, 0.717) is 26.2 Å². The van der Waals surface area contributed by atoms with Gasteiger partial charge in [-0.3, -0.25) is 4.79 Å². The van der Waals surface area contributed by atoms with E-state index in [2.05, 4.69) is 15.0 Å². The maximum absolute atomic E-state index is 10.3. The minimum absolute atomic E-state index is 0.0906. The van der Waals surface area contributed by atoms with E-state index in [1.54, 1.807) is 0 Å². The van der Waals surface area contributed by atoms with Crippen LogP contribution in [0.15, 0.2) is 0 Å². The molecule has 4 fully saturated rings. The lowest BCUT2D eigenvalue weighted by Gasteiger charge is -2.16. The normalized spacial score (nSPS) is 37.8. The number of rotatable bonds is 9. The number of aliphatic hydroxyl groups is 1. The number of hydrogen-bond acceptors (Lipinski definition) is 13. The largest absolute Gasteiger partial charge is 0.388 e. The highest BCUT2D eigenvalue weighted by molar-refractivity contribution is 5.45. The lowest BCUT2D eigenvalue weighted by Crippen LogP contribution is -2.35. The Hall–Kier alpha value is -2.37. The van der Waals surface area contributed by atoms with Crippen LogP contribution in [0.25, 0.3) is 0 Å². The molecular formula is C15H23N3O13. The van der Waals surface area contributed by atoms with Crippen molar-refractivity contribution in [1.82, 2.24) is 5.32 Å². The summed E-state index contributed by atoms with van der Waals surface area (Å²) in [5.41, 5.74) is 0. The first kappa shape index (κ1) is 23.3. The van der Waals surface area contributed by atoms with Gasteiger partial charge in [0, 0.05) is 6.54 Å². The van der Waals surface area contributed by atoms with E-state index < -0.39 is 46.8 Å². The molecule has 0 bridgehead atoms. The molecule has 176 valence electrons. The van der Waals surface area contributed by atoms with E-state index in [-0.39, 0.29) is 32.0 Å². The predicted molar refractivity (Wildman–Crippen MR) is 92.5 cm³/mol. The van der Waals surface area contributed by atoms with Crippen LogP contribution in [0.5, 0.6) is 0 Å². The monoisotopic (exact) mass is 453 g/mol. The fraction of sp³-hybridized carbons (Fsp3) is 0.933. The fourth-order valence-electron chi connectivity index (χ4n) is 3.75. The number of fused-ring (bicyclic) bond motifs is 2. The van der Waals surface area contributed by atoms with E-state index in [0.717, 1.165) is 0 Å². The summed E-state index contributed by atoms with van der Waals surface area (Å²) in [4.78, 5) is 39.1. The van der Waals surface area contributed by atoms with Gasteiger partial charge in [-0.2, -0.15) is 0 Å². The number of nitrogens with zero attached hydrogens (tertiary/aromatic N) is 2. The zero-order valence-corrected chi connectivity index (χ0v) is 16.2. The second-order valence-corrected chi connectivity index (χ2v) is 6.98. The highest BCUT2D eigenvalue weighted by atomic mass is 17.0. The molecule has 16 heteroatoms. The minimum Gasteiger partial charge on any atom is -0.388 e. The van der Waals surface area contributed by atoms with Crippen molar-refractivity contribution >= 4 is 6.41 Å². The van der Waals surface area contributed by atoms with E-state index in [9.17, 15) is 30.1 Å². The van der Waals surface area contributed by atoms with Crippen LogP contribution in [-0.4, -0.2) is 110 Å². The van der Waals surface area contributed by atoms with E-state index >= 15 is 0 Å². The number of hydrogen-bond donors (Lipinski definition) is 2. The average molecular weight is 453 g/mol. The summed E-state index contributed by atoms with van der Waals surface area (Å²) in [6.45, 7) is 1.38. The van der Waals surface area contributed by atoms with Crippen LogP contribution in [0.2, 0.25) is 0 Å². The number of nitrogens with one attached hydrogen (secondary N) is 1. The number of aliphatic hydroxyl groups excluding tert-OH is 1. The number of carbonyl (C=O) groups is 1. The van der Waals surface area contributed by atoms with Crippen molar-refractivity contribution in [3.05, 3.63) is 20.2 Å². The van der Waals surface area contributed by atoms with Crippen LogP contribution in [0.1, 0.15) is 0 Å². The molecule has 0 spiro atoms. The fourth-order valence-corrected chi connectivity index (χ4v) is 3.75. The number of amides is 1. The van der Waals surface area contributed by atoms with Gasteiger partial charge in [0.1, 0.15) is 36.6 Å². The molecular weight excluding hydrogens is 430 g/mol. The van der Waals surface area contributed by atoms with Gasteiger partial charge in [0.2, 0.25) is 6.41 Å². The Bertz CT molecular complexity index is 639. The average Bonchev–Trinajstić information content (AvgIpc) is 3.46. The van der Waals surface area contributed by atoms with Gasteiger partial charge in [-0.05, 0) is 0 Å². The molecule has 2 N–H and O–H groups in total. The van der Waals surface area contributed by atoms with Crippen molar-refractivity contribution in [2.75, 3.05) is 39.6 Å². The highest BCUT2D eigenvalue weighted by Crippen LogP contribution is 2.30. The predicted octanol–water partition coefficient (Wildman–Crippen LogP) is -2.79. The topological polar surface area (TPSA) is 200 Å². The first-order valence-corrected chi connectivity index (χ1v) is 9.46. The molecule has 8 atom stereocenters. The third kappa shape index (κ3) is 5.86. The SMILES string of the molecule is O=CNCCO[C@@H]1CO[C@H]2[C@@H]1OC[C@@H]2O[N+](=O)[O-].O=[N+]([O-])O[C@H]1CO[C@H]2[C@@H]1OC[C@H]2O. The van der Waals surface area contributed by atoms with Crippen molar-refractivity contribution in [2.45, 2.75) is 48.8 Å². The summed E-state index contributed by atoms with van der Waals surface area (Å²) in [6, 6.07) is 0. The lowest BCUT2D eigenvalue weighted by atomic mass is 10.1. The van der Waals surface area contributed by atoms with Gasteiger partial charge >= 0.3 is 0 Å². The maximum Gasteiger partial charge on any atom is 0.294 e. The van der Waals surface area contributed by atoms with Gasteiger partial charge in [-0.25, -0.2) is 0 Å². The van der Waals surface area contributed by atoms with Crippen LogP contribution >= 0.6 is 0 Å². The minimum atomic E-state index is -0.871. The van der Waals surface area contributed by atoms with E-state index in [1.807, 2.05) is 0 Å². The van der Waals surface area contributed by atoms with Gasteiger partial charge < -0.3 is 43.8 Å². The molecule has 4 aliphatic heterocycles. The third-order valence-electron chi connectivity index (χ3n) is 5.05. The lowest BCUT2D eigenvalue weighted by molar-refractivity contribution is -0.769. The van der Waals surface area contributed by atoms with Crippen LogP contribution in [0, 0.1) is 20.2 Å². The molecule has 31 heavy (non-hydrogen) atoms. The molecule has 4 rings (SSSR count). The summed E-state index contributed by atoms with van der Waals surface area (Å²) in [7, 11) is 0. The summed E-state index contributed by atoms with van der Waals surface area (Å²) in [5, 5.41) is 30.3. The van der Waals surface area contributed by atoms with Gasteiger partial charge in [0.25, 0.3) is 10.2 Å². The Morgan fingerprint density at radius 1 is 0.871 bits per heavy atom. The van der Waals surface area contributed by atoms with Crippen LogP contribution in [0.4, 0.5) is 0 Å². The molecule has 4 heterocycles. The Labute approximate surface area is 174 Å². The quantitative estimate of drug-likeness (QED) is 0.157. The summed E-state index contributed by atoms with van der Waals surface area (Å²) >= 11 is 0. The van der Waals surface area contributed by atoms with Crippen molar-refractivity contribution in [3.63, 3.8) is 0 Å². The first-order valence-electron chi connectivity index (χ1n) is 9.46. The molecule has 4 saturated heterocycles. The molecule has 0 saturated carbocycles. The van der Waals surface area contributed by atoms with E-state index in [1.165, 1.54) is 0 Å². The summed E-state index contributed by atoms with van der Waals surface area (Å²) < 4.78 is 26.5. The first-order chi connectivity index (χ1) is 14.9. The third-order valence-corrected chi connectivity index (χ3v) is 5.05. The highest BCUT2D eigenvalue weighted by Gasteiger charge is 2.50. The molecule has 0 radical (unpaired) electrons. The Morgan fingerprint density at radius 3 is 1.94 bits per heavy atom. The maximum atomic E-state index is 10.3. The van der Waals surface area contributed by atoms with Crippen molar-refractivity contribution in [1.29, 1.82) is 0 Å². The van der Waals surface area contributed by atoms with Crippen molar-refractivity contribution in [2.24, 2.45) is 0 Å². The second kappa shape index (κ2) is 10.8. The Kier molecular flexibility index (Phi) is 8.10. The molecule has 0 aromatic carbocycles. The van der Waals surface area contributed by atoms with E-state index in [4.69, 9.17) is 23.7 Å². The van der Waals surface area contributed by atoms with Gasteiger partial charge in [0.15, 0.2) is 12.2 Å². The molecule has 0 aromatic heterocycles. The van der Waals surface area contributed by atoms with Crippen LogP contribution in [0.3, 0.4) is 0 Å². The summed E-state index contributed by atoms with van der Waals surface area (Å²) in [6.07, 6.45) is -3.64. The van der Waals surface area contributed by atoms with Crippen LogP contribution < -0.4 is 5.32 Å². The number of ether oxygens (including phenoxy) is 5. The molecule has 0 unspecified atom stereocenters. The number of carbonyl (C=O) groups excluding carboxylic acids is 1. The molecule has 4 aliphatic rings. The summed E-state index contributed by atoms with van der Waals surface area (Å²) in [5.74, 6) is 0. The Morgan fingerprint density at radius 2 is 1.35 bits per heavy atom. The Balaban J connectivity index is 0.000000185. The van der Waals surface area contributed by atoms with Gasteiger partial charge in [0.05, 0.1) is 33.0 Å². The molecule has 16 nitrogen and oxygen atoms in total. The van der Waals surface area contributed by atoms with Crippen molar-refractivity contribution in [3.8, 4) is 0 Å². The molecule has 0 aromatic rings. The standard InChI is InChI=1S/C9H14N2O7.C6H9NO6/c12-5-10-1-2-15-6-3-16-9-7(18-11(13)14)4-17-8(6)9;8-3-1-11-6-4(13-7(9)10)2-12-5(3)6/h5-9H,1-4H2,(H,10,12);3-6,8H,1-2H2/t6-,7+,8-,9-;3-,4+,5-,6-/m11/s1. The second-order valence-electron chi connectivity index (χ2n) is 6.98. The smallest absolute Gasteiger partial charge is 0.294 e. The molecule has 0 aliphatic carbocycles. The van der Waals surface area contributed by atoms with Crippen molar-refractivity contribution < 1.29 is 53.4 Å². The zero-order chi connectivity index (χ0) is 22.4.